The van der Waals surface area contributed by atoms with Gasteiger partial charge in [0, 0.05) is 10.6 Å². The van der Waals surface area contributed by atoms with Gasteiger partial charge in [0.2, 0.25) is 5.91 Å². The second kappa shape index (κ2) is 7.55. The molecule has 0 radical (unpaired) electrons. The van der Waals surface area contributed by atoms with Crippen molar-refractivity contribution in [3.05, 3.63) is 59.7 Å². The molecule has 120 valence electrons. The van der Waals surface area contributed by atoms with Gasteiger partial charge < -0.3 is 10.1 Å². The molecule has 1 amide bonds. The van der Waals surface area contributed by atoms with E-state index < -0.39 is 0 Å². The molecule has 0 unspecified atom stereocenters. The maximum atomic E-state index is 12.4. The van der Waals surface area contributed by atoms with Crippen molar-refractivity contribution in [1.29, 1.82) is 0 Å². The Kier molecular flexibility index (Phi) is 5.23. The number of thioether (sulfide) groups is 1. The molecular formula is C19H21NO2S. The summed E-state index contributed by atoms with van der Waals surface area (Å²) >= 11 is 1.86. The van der Waals surface area contributed by atoms with Crippen LogP contribution >= 0.6 is 11.8 Å². The number of hydrogen-bond acceptors (Lipinski definition) is 3. The molecule has 1 aliphatic rings. The van der Waals surface area contributed by atoms with E-state index in [2.05, 4.69) is 23.5 Å². The van der Waals surface area contributed by atoms with Gasteiger partial charge in [-0.3, -0.25) is 4.79 Å². The van der Waals surface area contributed by atoms with Crippen molar-refractivity contribution in [2.45, 2.75) is 30.7 Å². The fourth-order valence-electron chi connectivity index (χ4n) is 2.79. The molecule has 0 bridgehead atoms. The molecule has 3 rings (SSSR count). The molecule has 0 saturated heterocycles. The molecule has 0 spiro atoms. The first-order chi connectivity index (χ1) is 11.3. The normalized spacial score (nSPS) is 16.5. The summed E-state index contributed by atoms with van der Waals surface area (Å²) < 4.78 is 5.42. The largest absolute Gasteiger partial charge is 0.494 e. The summed E-state index contributed by atoms with van der Waals surface area (Å²) in [5.74, 6) is 1.96. The van der Waals surface area contributed by atoms with Crippen LogP contribution < -0.4 is 10.1 Å². The van der Waals surface area contributed by atoms with Crippen molar-refractivity contribution in [2.24, 2.45) is 0 Å². The highest BCUT2D eigenvalue weighted by atomic mass is 32.2. The Labute approximate surface area is 141 Å². The van der Waals surface area contributed by atoms with Crippen LogP contribution in [0.1, 0.15) is 30.5 Å². The lowest BCUT2D eigenvalue weighted by atomic mass is 10.0. The van der Waals surface area contributed by atoms with Crippen molar-refractivity contribution in [1.82, 2.24) is 5.32 Å². The van der Waals surface area contributed by atoms with Gasteiger partial charge in [-0.05, 0) is 42.7 Å². The Balaban J connectivity index is 1.62. The van der Waals surface area contributed by atoms with Crippen molar-refractivity contribution in [3.63, 3.8) is 0 Å². The van der Waals surface area contributed by atoms with E-state index >= 15 is 0 Å². The number of nitrogens with one attached hydrogen (secondary N) is 1. The predicted molar refractivity (Wildman–Crippen MR) is 94.0 cm³/mol. The lowest BCUT2D eigenvalue weighted by Gasteiger charge is -2.25. The fourth-order valence-corrected chi connectivity index (χ4v) is 3.92. The van der Waals surface area contributed by atoms with Gasteiger partial charge in [0.05, 0.1) is 19.1 Å². The van der Waals surface area contributed by atoms with Crippen LogP contribution in [-0.2, 0) is 11.2 Å². The van der Waals surface area contributed by atoms with E-state index in [-0.39, 0.29) is 11.9 Å². The summed E-state index contributed by atoms with van der Waals surface area (Å²) in [5.41, 5.74) is 2.24. The molecule has 1 aliphatic heterocycles. The van der Waals surface area contributed by atoms with Crippen molar-refractivity contribution < 1.29 is 9.53 Å². The van der Waals surface area contributed by atoms with Gasteiger partial charge >= 0.3 is 0 Å². The van der Waals surface area contributed by atoms with Crippen LogP contribution in [0, 0.1) is 0 Å². The fraction of sp³-hybridized carbons (Fsp3) is 0.316. The molecule has 2 aromatic carbocycles. The number of carbonyl (C=O) groups excluding carboxylic acids is 1. The van der Waals surface area contributed by atoms with Crippen LogP contribution in [0.25, 0.3) is 0 Å². The molecule has 4 heteroatoms. The number of benzene rings is 2. The van der Waals surface area contributed by atoms with Crippen molar-refractivity contribution in [2.75, 3.05) is 12.4 Å². The molecule has 2 aromatic rings. The van der Waals surface area contributed by atoms with Crippen LogP contribution in [0.15, 0.2) is 53.4 Å². The molecule has 1 atom stereocenters. The summed E-state index contributed by atoms with van der Waals surface area (Å²) in [7, 11) is 0. The van der Waals surface area contributed by atoms with Crippen LogP contribution in [0.2, 0.25) is 0 Å². The first-order valence-electron chi connectivity index (χ1n) is 7.99. The van der Waals surface area contributed by atoms with Gasteiger partial charge in [0.1, 0.15) is 5.75 Å². The SMILES string of the molecule is CCOc1ccc(CC(=O)N[C@H]2CCSc3ccccc32)cc1. The second-order valence-corrected chi connectivity index (χ2v) is 6.69. The lowest BCUT2D eigenvalue weighted by Crippen LogP contribution is -2.31. The second-order valence-electron chi connectivity index (χ2n) is 5.55. The zero-order valence-electron chi connectivity index (χ0n) is 13.2. The predicted octanol–water partition coefficient (Wildman–Crippen LogP) is 3.98. The maximum absolute atomic E-state index is 12.4. The van der Waals surface area contributed by atoms with Crippen LogP contribution in [0.3, 0.4) is 0 Å². The highest BCUT2D eigenvalue weighted by Gasteiger charge is 2.21. The molecule has 3 nitrogen and oxygen atoms in total. The van der Waals surface area contributed by atoms with Crippen LogP contribution in [-0.4, -0.2) is 18.3 Å². The third kappa shape index (κ3) is 4.08. The average molecular weight is 327 g/mol. The third-order valence-corrected chi connectivity index (χ3v) is 5.02. The number of amides is 1. The molecule has 1 N–H and O–H groups in total. The Morgan fingerprint density at radius 2 is 2.00 bits per heavy atom. The standard InChI is InChI=1S/C19H21NO2S/c1-2-22-15-9-7-14(8-10-15)13-19(21)20-17-11-12-23-18-6-4-3-5-16(17)18/h3-10,17H,2,11-13H2,1H3,(H,20,21)/t17-/m0/s1. The molecule has 0 saturated carbocycles. The lowest BCUT2D eigenvalue weighted by molar-refractivity contribution is -0.121. The summed E-state index contributed by atoms with van der Waals surface area (Å²) in [6.07, 6.45) is 1.38. The number of ether oxygens (including phenoxy) is 1. The van der Waals surface area contributed by atoms with Gasteiger partial charge in [-0.25, -0.2) is 0 Å². The molecule has 0 aliphatic carbocycles. The Hall–Kier alpha value is -1.94. The molecule has 0 fully saturated rings. The van der Waals surface area contributed by atoms with E-state index in [1.54, 1.807) is 0 Å². The smallest absolute Gasteiger partial charge is 0.224 e. The highest BCUT2D eigenvalue weighted by molar-refractivity contribution is 7.99. The first kappa shape index (κ1) is 15.9. The number of rotatable bonds is 5. The summed E-state index contributed by atoms with van der Waals surface area (Å²) in [6, 6.07) is 16.2. The monoisotopic (exact) mass is 327 g/mol. The number of hydrogen-bond donors (Lipinski definition) is 1. The summed E-state index contributed by atoms with van der Waals surface area (Å²) in [4.78, 5) is 13.6. The van der Waals surface area contributed by atoms with Gasteiger partial charge in [-0.2, -0.15) is 0 Å². The van der Waals surface area contributed by atoms with E-state index in [1.165, 1.54) is 10.5 Å². The average Bonchev–Trinajstić information content (AvgIpc) is 2.57. The minimum absolute atomic E-state index is 0.0702. The molecule has 0 aromatic heterocycles. The Morgan fingerprint density at radius 3 is 2.78 bits per heavy atom. The Morgan fingerprint density at radius 1 is 1.22 bits per heavy atom. The van der Waals surface area contributed by atoms with Crippen molar-refractivity contribution in [3.8, 4) is 5.75 Å². The van der Waals surface area contributed by atoms with E-state index in [1.807, 2.05) is 49.0 Å². The third-order valence-electron chi connectivity index (χ3n) is 3.89. The van der Waals surface area contributed by atoms with Crippen molar-refractivity contribution >= 4 is 17.7 Å². The zero-order chi connectivity index (χ0) is 16.1. The number of carbonyl (C=O) groups is 1. The topological polar surface area (TPSA) is 38.3 Å². The first-order valence-corrected chi connectivity index (χ1v) is 8.97. The van der Waals surface area contributed by atoms with Gasteiger partial charge in [0.15, 0.2) is 0 Å². The van der Waals surface area contributed by atoms with Crippen LogP contribution in [0.4, 0.5) is 0 Å². The van der Waals surface area contributed by atoms with Gasteiger partial charge in [0.25, 0.3) is 0 Å². The minimum Gasteiger partial charge on any atom is -0.494 e. The minimum atomic E-state index is 0.0702. The Bertz CT molecular complexity index is 669. The molecular weight excluding hydrogens is 306 g/mol. The summed E-state index contributed by atoms with van der Waals surface area (Å²) in [6.45, 7) is 2.61. The quantitative estimate of drug-likeness (QED) is 0.903. The van der Waals surface area contributed by atoms with Gasteiger partial charge in [-0.15, -0.1) is 11.8 Å². The van der Waals surface area contributed by atoms with E-state index in [0.29, 0.717) is 13.0 Å². The van der Waals surface area contributed by atoms with E-state index in [9.17, 15) is 4.79 Å². The van der Waals surface area contributed by atoms with Crippen LogP contribution in [0.5, 0.6) is 5.75 Å². The van der Waals surface area contributed by atoms with Gasteiger partial charge in [-0.1, -0.05) is 30.3 Å². The zero-order valence-corrected chi connectivity index (χ0v) is 14.1. The van der Waals surface area contributed by atoms with E-state index in [0.717, 1.165) is 23.5 Å². The summed E-state index contributed by atoms with van der Waals surface area (Å²) in [5, 5.41) is 3.18. The van der Waals surface area contributed by atoms with E-state index in [4.69, 9.17) is 4.74 Å². The number of fused-ring (bicyclic) bond motifs is 1. The molecule has 1 heterocycles. The maximum Gasteiger partial charge on any atom is 0.224 e. The highest BCUT2D eigenvalue weighted by Crippen LogP contribution is 2.35. The molecule has 23 heavy (non-hydrogen) atoms.